The molecule has 3 N–H and O–H groups in total. The summed E-state index contributed by atoms with van der Waals surface area (Å²) in [6, 6.07) is 16.6. The number of carbonyl (C=O) groups is 3. The van der Waals surface area contributed by atoms with Gasteiger partial charge in [-0.15, -0.1) is 0 Å². The molecule has 1 fully saturated rings. The average Bonchev–Trinajstić information content (AvgIpc) is 3.33. The summed E-state index contributed by atoms with van der Waals surface area (Å²) in [6.45, 7) is 0.159. The van der Waals surface area contributed by atoms with E-state index in [9.17, 15) is 19.5 Å². The highest BCUT2D eigenvalue weighted by atomic mass is 16.5. The second-order valence-electron chi connectivity index (χ2n) is 8.97. The molecule has 0 aliphatic heterocycles. The maximum Gasteiger partial charge on any atom is 0.412 e. The standard InChI is InChI=1S/C26H26N4O5/c1-30-22(13-21(29-30)24(31)28-23(25(32)33)15-7-6-8-15)27-26(34)35-14-20-18-11-4-2-9-16(18)17-10-3-5-12-19(17)20/h2-5,9-13,15,20,23H,6-8,14H2,1H3,(H,27,34)(H,28,31)(H,32,33). The fraction of sp³-hybridized carbons (Fsp3) is 0.308. The summed E-state index contributed by atoms with van der Waals surface area (Å²) in [5, 5.41) is 18.7. The first-order valence-electron chi connectivity index (χ1n) is 11.6. The highest BCUT2D eigenvalue weighted by Crippen LogP contribution is 2.44. The molecule has 180 valence electrons. The Morgan fingerprint density at radius 1 is 1.09 bits per heavy atom. The van der Waals surface area contributed by atoms with E-state index in [2.05, 4.69) is 27.9 Å². The molecule has 2 aliphatic rings. The lowest BCUT2D eigenvalue weighted by Crippen LogP contribution is -2.48. The molecule has 0 bridgehead atoms. The molecule has 1 atom stereocenters. The molecule has 9 heteroatoms. The van der Waals surface area contributed by atoms with Crippen molar-refractivity contribution in [2.75, 3.05) is 11.9 Å². The number of carbonyl (C=O) groups excluding carboxylic acids is 2. The van der Waals surface area contributed by atoms with Crippen molar-refractivity contribution in [1.82, 2.24) is 15.1 Å². The topological polar surface area (TPSA) is 123 Å². The number of amides is 2. The molecule has 0 saturated heterocycles. The van der Waals surface area contributed by atoms with Crippen LogP contribution in [0.1, 0.15) is 46.8 Å². The van der Waals surface area contributed by atoms with Crippen LogP contribution in [0.25, 0.3) is 11.1 Å². The van der Waals surface area contributed by atoms with E-state index in [0.29, 0.717) is 0 Å². The van der Waals surface area contributed by atoms with Gasteiger partial charge in [-0.25, -0.2) is 9.59 Å². The van der Waals surface area contributed by atoms with Crippen LogP contribution in [0.3, 0.4) is 0 Å². The van der Waals surface area contributed by atoms with E-state index in [4.69, 9.17) is 4.74 Å². The van der Waals surface area contributed by atoms with E-state index in [1.807, 2.05) is 36.4 Å². The van der Waals surface area contributed by atoms with Crippen LogP contribution >= 0.6 is 0 Å². The minimum Gasteiger partial charge on any atom is -0.480 e. The number of nitrogens with zero attached hydrogens (tertiary/aromatic N) is 2. The van der Waals surface area contributed by atoms with E-state index in [-0.39, 0.29) is 30.0 Å². The number of fused-ring (bicyclic) bond motifs is 3. The van der Waals surface area contributed by atoms with Gasteiger partial charge in [-0.2, -0.15) is 5.10 Å². The van der Waals surface area contributed by atoms with Crippen LogP contribution in [-0.4, -0.2) is 45.5 Å². The highest BCUT2D eigenvalue weighted by molar-refractivity contribution is 5.96. The molecule has 5 rings (SSSR count). The van der Waals surface area contributed by atoms with Crippen LogP contribution in [0.2, 0.25) is 0 Å². The summed E-state index contributed by atoms with van der Waals surface area (Å²) in [6.07, 6.45) is 1.84. The first-order chi connectivity index (χ1) is 16.9. The third-order valence-corrected chi connectivity index (χ3v) is 6.86. The van der Waals surface area contributed by atoms with Crippen molar-refractivity contribution in [2.24, 2.45) is 13.0 Å². The van der Waals surface area contributed by atoms with Crippen LogP contribution in [-0.2, 0) is 16.6 Å². The summed E-state index contributed by atoms with van der Waals surface area (Å²) < 4.78 is 6.89. The third-order valence-electron chi connectivity index (χ3n) is 6.86. The third kappa shape index (κ3) is 4.37. The Bertz CT molecular complexity index is 1250. The Labute approximate surface area is 202 Å². The first-order valence-corrected chi connectivity index (χ1v) is 11.6. The molecule has 0 radical (unpaired) electrons. The van der Waals surface area contributed by atoms with Gasteiger partial charge in [-0.05, 0) is 41.0 Å². The number of hydrogen-bond acceptors (Lipinski definition) is 5. The van der Waals surface area contributed by atoms with Crippen molar-refractivity contribution in [1.29, 1.82) is 0 Å². The predicted octanol–water partition coefficient (Wildman–Crippen LogP) is 3.76. The van der Waals surface area contributed by atoms with E-state index in [0.717, 1.165) is 41.5 Å². The maximum absolute atomic E-state index is 12.6. The molecule has 1 aromatic heterocycles. The number of aliphatic carboxylic acids is 1. The largest absolute Gasteiger partial charge is 0.480 e. The zero-order chi connectivity index (χ0) is 24.5. The number of ether oxygens (including phenoxy) is 1. The number of rotatable bonds is 7. The molecule has 2 amide bonds. The molecule has 0 spiro atoms. The van der Waals surface area contributed by atoms with Gasteiger partial charge in [0.1, 0.15) is 18.5 Å². The smallest absolute Gasteiger partial charge is 0.412 e. The number of aromatic nitrogens is 2. The zero-order valence-corrected chi connectivity index (χ0v) is 19.2. The van der Waals surface area contributed by atoms with E-state index >= 15 is 0 Å². The van der Waals surface area contributed by atoms with Gasteiger partial charge in [-0.3, -0.25) is 14.8 Å². The van der Waals surface area contributed by atoms with Crippen LogP contribution in [0.4, 0.5) is 10.6 Å². The molecular weight excluding hydrogens is 448 g/mol. The SMILES string of the molecule is Cn1nc(C(=O)NC(C(=O)O)C2CCC2)cc1NC(=O)OCC1c2ccccc2-c2ccccc21. The lowest BCUT2D eigenvalue weighted by molar-refractivity contribution is -0.141. The lowest BCUT2D eigenvalue weighted by Gasteiger charge is -2.31. The quantitative estimate of drug-likeness (QED) is 0.479. The Hall–Kier alpha value is -4.14. The van der Waals surface area contributed by atoms with Crippen molar-refractivity contribution < 1.29 is 24.2 Å². The van der Waals surface area contributed by atoms with Gasteiger partial charge in [0, 0.05) is 19.0 Å². The number of anilines is 1. The Kier molecular flexibility index (Phi) is 5.98. The Morgan fingerprint density at radius 2 is 1.71 bits per heavy atom. The molecule has 2 aliphatic carbocycles. The van der Waals surface area contributed by atoms with Gasteiger partial charge >= 0.3 is 12.1 Å². The van der Waals surface area contributed by atoms with Crippen molar-refractivity contribution >= 4 is 23.8 Å². The molecule has 1 saturated carbocycles. The molecule has 2 aromatic carbocycles. The molecule has 9 nitrogen and oxygen atoms in total. The summed E-state index contributed by atoms with van der Waals surface area (Å²) in [7, 11) is 1.58. The Balaban J connectivity index is 1.23. The number of aryl methyl sites for hydroxylation is 1. The summed E-state index contributed by atoms with van der Waals surface area (Å²) in [4.78, 5) is 36.7. The lowest BCUT2D eigenvalue weighted by atomic mass is 9.79. The van der Waals surface area contributed by atoms with Gasteiger partial charge in [0.25, 0.3) is 5.91 Å². The summed E-state index contributed by atoms with van der Waals surface area (Å²) in [5.74, 6) is -1.53. The van der Waals surface area contributed by atoms with Gasteiger partial charge in [0.05, 0.1) is 0 Å². The number of nitrogens with one attached hydrogen (secondary N) is 2. The normalized spacial score (nSPS) is 15.5. The van der Waals surface area contributed by atoms with Crippen molar-refractivity contribution in [2.45, 2.75) is 31.2 Å². The van der Waals surface area contributed by atoms with Crippen LogP contribution in [0.5, 0.6) is 0 Å². The first kappa shape index (κ1) is 22.6. The molecule has 1 heterocycles. The van der Waals surface area contributed by atoms with Crippen molar-refractivity contribution in [3.63, 3.8) is 0 Å². The fourth-order valence-corrected chi connectivity index (χ4v) is 4.80. The second kappa shape index (κ2) is 9.25. The molecular formula is C26H26N4O5. The summed E-state index contributed by atoms with van der Waals surface area (Å²) >= 11 is 0. The number of carboxylic acid groups (broad SMARTS) is 1. The average molecular weight is 475 g/mol. The predicted molar refractivity (Wildman–Crippen MR) is 128 cm³/mol. The van der Waals surface area contributed by atoms with Crippen molar-refractivity contribution in [3.05, 3.63) is 71.4 Å². The monoisotopic (exact) mass is 474 g/mol. The Morgan fingerprint density at radius 3 is 2.29 bits per heavy atom. The van der Waals surface area contributed by atoms with Gasteiger partial charge in [0.15, 0.2) is 5.69 Å². The summed E-state index contributed by atoms with van der Waals surface area (Å²) in [5.41, 5.74) is 4.52. The number of carboxylic acids is 1. The minimum absolute atomic E-state index is 0.0204. The van der Waals surface area contributed by atoms with E-state index in [1.54, 1.807) is 7.05 Å². The van der Waals surface area contributed by atoms with Gasteiger partial charge in [-0.1, -0.05) is 55.0 Å². The fourth-order valence-electron chi connectivity index (χ4n) is 4.80. The molecule has 3 aromatic rings. The minimum atomic E-state index is -1.06. The molecule has 1 unspecified atom stereocenters. The van der Waals surface area contributed by atoms with Gasteiger partial charge in [0.2, 0.25) is 0 Å². The van der Waals surface area contributed by atoms with E-state index < -0.39 is 24.0 Å². The second-order valence-corrected chi connectivity index (χ2v) is 8.97. The van der Waals surface area contributed by atoms with E-state index in [1.165, 1.54) is 10.7 Å². The van der Waals surface area contributed by atoms with Crippen LogP contribution < -0.4 is 10.6 Å². The van der Waals surface area contributed by atoms with Crippen LogP contribution in [0, 0.1) is 5.92 Å². The molecule has 35 heavy (non-hydrogen) atoms. The van der Waals surface area contributed by atoms with Gasteiger partial charge < -0.3 is 15.2 Å². The highest BCUT2D eigenvalue weighted by Gasteiger charge is 2.34. The van der Waals surface area contributed by atoms with Crippen LogP contribution in [0.15, 0.2) is 54.6 Å². The zero-order valence-electron chi connectivity index (χ0n) is 19.2. The maximum atomic E-state index is 12.6. The number of benzene rings is 2. The number of hydrogen-bond donors (Lipinski definition) is 3. The van der Waals surface area contributed by atoms with Crippen molar-refractivity contribution in [3.8, 4) is 11.1 Å².